The van der Waals surface area contributed by atoms with E-state index in [0.29, 0.717) is 5.75 Å². The lowest BCUT2D eigenvalue weighted by Crippen LogP contribution is -2.33. The first-order chi connectivity index (χ1) is 15.8. The lowest BCUT2D eigenvalue weighted by molar-refractivity contribution is -0.128. The summed E-state index contributed by atoms with van der Waals surface area (Å²) >= 11 is 1.48. The minimum Gasteiger partial charge on any atom is -0.342 e. The molecule has 0 radical (unpaired) electrons. The number of aromatic nitrogens is 3. The lowest BCUT2D eigenvalue weighted by atomic mass is 9.87. The van der Waals surface area contributed by atoms with Gasteiger partial charge in [0.15, 0.2) is 11.0 Å². The Kier molecular flexibility index (Phi) is 7.23. The van der Waals surface area contributed by atoms with Crippen LogP contribution in [-0.4, -0.2) is 44.4 Å². The summed E-state index contributed by atoms with van der Waals surface area (Å²) in [7, 11) is 0. The van der Waals surface area contributed by atoms with Crippen molar-refractivity contribution in [3.05, 3.63) is 59.7 Å². The lowest BCUT2D eigenvalue weighted by Gasteiger charge is -2.20. The van der Waals surface area contributed by atoms with Crippen LogP contribution in [0.3, 0.4) is 0 Å². The average Bonchev–Trinajstić information content (AvgIpc) is 3.02. The molecule has 174 valence electrons. The van der Waals surface area contributed by atoms with Crippen molar-refractivity contribution >= 4 is 17.7 Å². The van der Waals surface area contributed by atoms with Crippen LogP contribution in [-0.2, 0) is 10.2 Å². The summed E-state index contributed by atoms with van der Waals surface area (Å²) in [5.74, 6) is 1.37. The fourth-order valence-corrected chi connectivity index (χ4v) is 4.99. The summed E-state index contributed by atoms with van der Waals surface area (Å²) in [6.45, 7) is 10.5. The smallest absolute Gasteiger partial charge is 0.233 e. The Balaban J connectivity index is 1.63. The normalized spacial score (nSPS) is 14.8. The van der Waals surface area contributed by atoms with Crippen LogP contribution in [0.1, 0.15) is 57.6 Å². The summed E-state index contributed by atoms with van der Waals surface area (Å²) in [4.78, 5) is 14.9. The number of benzene rings is 2. The molecule has 1 aliphatic rings. The molecule has 1 aromatic heterocycles. The molecule has 5 nitrogen and oxygen atoms in total. The van der Waals surface area contributed by atoms with Gasteiger partial charge in [-0.05, 0) is 42.9 Å². The maximum atomic E-state index is 12.9. The molecule has 1 saturated heterocycles. The van der Waals surface area contributed by atoms with Gasteiger partial charge in [0.25, 0.3) is 0 Å². The number of hydrogen-bond acceptors (Lipinski definition) is 4. The van der Waals surface area contributed by atoms with E-state index >= 15 is 0 Å². The van der Waals surface area contributed by atoms with Crippen molar-refractivity contribution in [2.45, 2.75) is 63.9 Å². The first-order valence-electron chi connectivity index (χ1n) is 11.9. The van der Waals surface area contributed by atoms with Gasteiger partial charge in [0.05, 0.1) is 5.75 Å². The molecule has 1 aliphatic heterocycles. The maximum Gasteiger partial charge on any atom is 0.233 e. The first-order valence-corrected chi connectivity index (χ1v) is 12.9. The van der Waals surface area contributed by atoms with Crippen molar-refractivity contribution in [1.29, 1.82) is 0 Å². The van der Waals surface area contributed by atoms with Gasteiger partial charge in [0.1, 0.15) is 0 Å². The van der Waals surface area contributed by atoms with Gasteiger partial charge in [0, 0.05) is 24.3 Å². The van der Waals surface area contributed by atoms with Crippen molar-refractivity contribution in [2.75, 3.05) is 18.8 Å². The Morgan fingerprint density at radius 1 is 0.909 bits per heavy atom. The maximum absolute atomic E-state index is 12.9. The van der Waals surface area contributed by atoms with E-state index in [1.165, 1.54) is 35.7 Å². The molecule has 0 atom stereocenters. The molecule has 0 saturated carbocycles. The molecule has 2 aromatic carbocycles. The number of amides is 1. The summed E-state index contributed by atoms with van der Waals surface area (Å²) in [5.41, 5.74) is 4.60. The van der Waals surface area contributed by atoms with E-state index in [1.807, 2.05) is 4.90 Å². The number of nitrogens with zero attached hydrogens (tertiary/aromatic N) is 4. The molecule has 33 heavy (non-hydrogen) atoms. The zero-order chi connectivity index (χ0) is 23.4. The van der Waals surface area contributed by atoms with Crippen LogP contribution in [0.5, 0.6) is 0 Å². The summed E-state index contributed by atoms with van der Waals surface area (Å²) < 4.78 is 2.08. The first kappa shape index (κ1) is 23.6. The van der Waals surface area contributed by atoms with Crippen LogP contribution < -0.4 is 0 Å². The number of thioether (sulfide) groups is 1. The molecule has 4 rings (SSSR count). The van der Waals surface area contributed by atoms with Gasteiger partial charge in [-0.3, -0.25) is 9.36 Å². The highest BCUT2D eigenvalue weighted by Gasteiger charge is 2.21. The molecular weight excluding hydrogens is 428 g/mol. The van der Waals surface area contributed by atoms with E-state index in [-0.39, 0.29) is 11.3 Å². The minimum atomic E-state index is 0.0951. The molecule has 2 heterocycles. The summed E-state index contributed by atoms with van der Waals surface area (Å²) in [6.07, 6.45) is 4.64. The van der Waals surface area contributed by atoms with Crippen LogP contribution in [0.15, 0.2) is 53.7 Å². The second-order valence-corrected chi connectivity index (χ2v) is 10.8. The highest BCUT2D eigenvalue weighted by molar-refractivity contribution is 7.99. The SMILES string of the molecule is Cc1ccc(-n2c(SCC(=O)N3CCCCCC3)nnc2-c2ccc(C(C)(C)C)cc2)cc1. The second kappa shape index (κ2) is 10.1. The minimum absolute atomic E-state index is 0.0951. The molecule has 0 unspecified atom stereocenters. The van der Waals surface area contributed by atoms with Gasteiger partial charge in [0.2, 0.25) is 5.91 Å². The number of likely N-dealkylation sites (tertiary alicyclic amines) is 1. The topological polar surface area (TPSA) is 51.0 Å². The number of rotatable bonds is 5. The molecule has 0 spiro atoms. The molecule has 1 fully saturated rings. The van der Waals surface area contributed by atoms with Gasteiger partial charge in [-0.1, -0.05) is 87.3 Å². The third kappa shape index (κ3) is 5.67. The number of carbonyl (C=O) groups is 1. The van der Waals surface area contributed by atoms with Crippen molar-refractivity contribution < 1.29 is 4.79 Å². The standard InChI is InChI=1S/C27H34N4OS/c1-20-9-15-23(16-10-20)31-25(21-11-13-22(14-12-21)27(2,3)4)28-29-26(31)33-19-24(32)30-17-7-5-6-8-18-30/h9-16H,5-8,17-19H2,1-4H3. The number of carbonyl (C=O) groups excluding carboxylic acids is 1. The molecule has 0 bridgehead atoms. The predicted octanol–water partition coefficient (Wildman–Crippen LogP) is 6.03. The van der Waals surface area contributed by atoms with E-state index in [0.717, 1.165) is 48.2 Å². The van der Waals surface area contributed by atoms with Crippen molar-refractivity contribution in [1.82, 2.24) is 19.7 Å². The van der Waals surface area contributed by atoms with Gasteiger partial charge in [-0.2, -0.15) is 0 Å². The summed E-state index contributed by atoms with van der Waals surface area (Å²) in [5, 5.41) is 9.80. The van der Waals surface area contributed by atoms with E-state index in [4.69, 9.17) is 0 Å². The monoisotopic (exact) mass is 462 g/mol. The fraction of sp³-hybridized carbons (Fsp3) is 0.444. The molecular formula is C27H34N4OS. The Bertz CT molecular complexity index is 1070. The van der Waals surface area contributed by atoms with Gasteiger partial charge < -0.3 is 4.90 Å². The van der Waals surface area contributed by atoms with Crippen molar-refractivity contribution in [2.24, 2.45) is 0 Å². The van der Waals surface area contributed by atoms with Crippen LogP contribution in [0, 0.1) is 6.92 Å². The van der Waals surface area contributed by atoms with Gasteiger partial charge in [-0.25, -0.2) is 0 Å². The van der Waals surface area contributed by atoms with Crippen LogP contribution in [0.4, 0.5) is 0 Å². The Hall–Kier alpha value is -2.60. The number of aryl methyl sites for hydroxylation is 1. The number of hydrogen-bond donors (Lipinski definition) is 0. The largest absolute Gasteiger partial charge is 0.342 e. The third-order valence-corrected chi connectivity index (χ3v) is 7.13. The Morgan fingerprint density at radius 3 is 2.15 bits per heavy atom. The van der Waals surface area contributed by atoms with E-state index in [1.54, 1.807) is 0 Å². The molecule has 0 aliphatic carbocycles. The fourth-order valence-electron chi connectivity index (χ4n) is 4.13. The van der Waals surface area contributed by atoms with Gasteiger partial charge in [-0.15, -0.1) is 10.2 Å². The molecule has 0 N–H and O–H groups in total. The Morgan fingerprint density at radius 2 is 1.55 bits per heavy atom. The summed E-state index contributed by atoms with van der Waals surface area (Å²) in [6, 6.07) is 16.9. The van der Waals surface area contributed by atoms with Crippen LogP contribution >= 0.6 is 11.8 Å². The van der Waals surface area contributed by atoms with E-state index in [2.05, 4.69) is 91.0 Å². The van der Waals surface area contributed by atoms with Crippen molar-refractivity contribution in [3.8, 4) is 17.1 Å². The molecule has 1 amide bonds. The third-order valence-electron chi connectivity index (χ3n) is 6.22. The van der Waals surface area contributed by atoms with Gasteiger partial charge >= 0.3 is 0 Å². The molecule has 3 aromatic rings. The van der Waals surface area contributed by atoms with Crippen molar-refractivity contribution in [3.63, 3.8) is 0 Å². The highest BCUT2D eigenvalue weighted by Crippen LogP contribution is 2.30. The average molecular weight is 463 g/mol. The quantitative estimate of drug-likeness (QED) is 0.434. The zero-order valence-corrected chi connectivity index (χ0v) is 21.0. The zero-order valence-electron chi connectivity index (χ0n) is 20.2. The predicted molar refractivity (Wildman–Crippen MR) is 136 cm³/mol. The van der Waals surface area contributed by atoms with Crippen LogP contribution in [0.2, 0.25) is 0 Å². The Labute approximate surface area is 201 Å². The highest BCUT2D eigenvalue weighted by atomic mass is 32.2. The van der Waals surface area contributed by atoms with Crippen LogP contribution in [0.25, 0.3) is 17.1 Å². The molecule has 6 heteroatoms. The van der Waals surface area contributed by atoms with E-state index < -0.39 is 0 Å². The second-order valence-electron chi connectivity index (χ2n) is 9.89. The van der Waals surface area contributed by atoms with E-state index in [9.17, 15) is 4.79 Å².